The van der Waals surface area contributed by atoms with Crippen molar-refractivity contribution in [3.8, 4) is 5.75 Å². The van der Waals surface area contributed by atoms with Crippen molar-refractivity contribution in [2.45, 2.75) is 91.1 Å². The Hall–Kier alpha value is -2.92. The number of benzene rings is 2. The van der Waals surface area contributed by atoms with Gasteiger partial charge in [0.2, 0.25) is 0 Å². The molecule has 0 atom stereocenters. The van der Waals surface area contributed by atoms with Crippen molar-refractivity contribution in [2.75, 3.05) is 13.7 Å². The maximum atomic E-state index is 12.1. The van der Waals surface area contributed by atoms with E-state index in [0.717, 1.165) is 24.0 Å². The van der Waals surface area contributed by atoms with Gasteiger partial charge in [-0.3, -0.25) is 9.59 Å². The van der Waals surface area contributed by atoms with E-state index >= 15 is 0 Å². The summed E-state index contributed by atoms with van der Waals surface area (Å²) in [5, 5.41) is 10.6. The topological polar surface area (TPSA) is 72.8 Å². The van der Waals surface area contributed by atoms with E-state index in [0.29, 0.717) is 18.6 Å². The van der Waals surface area contributed by atoms with Crippen LogP contribution in [0.1, 0.15) is 94.0 Å². The average molecular weight is 509 g/mol. The van der Waals surface area contributed by atoms with Crippen molar-refractivity contribution in [3.63, 3.8) is 0 Å². The molecule has 0 aromatic heterocycles. The highest BCUT2D eigenvalue weighted by atomic mass is 16.5. The minimum atomic E-state index is -0.769. The molecule has 0 aliphatic rings. The molecule has 2 aromatic rings. The first-order valence-electron chi connectivity index (χ1n) is 13.4. The van der Waals surface area contributed by atoms with E-state index in [9.17, 15) is 14.7 Å². The number of methoxy groups -OCH3 is 1. The van der Waals surface area contributed by atoms with E-state index in [4.69, 9.17) is 4.74 Å². The van der Waals surface area contributed by atoms with Crippen LogP contribution in [-0.4, -0.2) is 36.2 Å². The largest absolute Gasteiger partial charge is 0.486 e. The molecule has 0 bridgehead atoms. The molecule has 0 radical (unpaired) electrons. The molecule has 5 nitrogen and oxygen atoms in total. The lowest BCUT2D eigenvalue weighted by Crippen LogP contribution is -2.26. The third-order valence-corrected chi connectivity index (χ3v) is 7.78. The molecule has 1 N–H and O–H groups in total. The number of ketones is 1. The molecule has 0 heterocycles. The van der Waals surface area contributed by atoms with Crippen molar-refractivity contribution < 1.29 is 24.2 Å². The van der Waals surface area contributed by atoms with Gasteiger partial charge in [-0.1, -0.05) is 70.2 Å². The van der Waals surface area contributed by atoms with Crippen LogP contribution in [0.2, 0.25) is 0 Å². The van der Waals surface area contributed by atoms with Gasteiger partial charge in [-0.05, 0) is 73.4 Å². The van der Waals surface area contributed by atoms with E-state index < -0.39 is 11.6 Å². The molecule has 2 rings (SSSR count). The highest BCUT2D eigenvalue weighted by molar-refractivity contribution is 5.84. The molecule has 0 saturated carbocycles. The van der Waals surface area contributed by atoms with Crippen molar-refractivity contribution in [2.24, 2.45) is 0 Å². The van der Waals surface area contributed by atoms with Gasteiger partial charge in [0.1, 0.15) is 12.4 Å². The molecular weight excluding hydrogens is 464 g/mol. The van der Waals surface area contributed by atoms with E-state index in [1.54, 1.807) is 0 Å². The fourth-order valence-electron chi connectivity index (χ4n) is 4.81. The standard InChI is InChI=1S/C32H44O5/c1-8-31(35,9-2)19-18-25-12-13-26(20-23(25)5)32(10-3,11-4)27-14-16-29(24(6)21-27)37-22-28(33)15-17-30(34)36-7/h12-14,16,18-21,35H,8-11,15,17,22H2,1-7H3/b19-18+. The summed E-state index contributed by atoms with van der Waals surface area (Å²) < 4.78 is 10.4. The number of esters is 1. The van der Waals surface area contributed by atoms with Crippen LogP contribution in [-0.2, 0) is 19.7 Å². The molecule has 0 saturated heterocycles. The quantitative estimate of drug-likeness (QED) is 0.282. The van der Waals surface area contributed by atoms with Gasteiger partial charge in [-0.15, -0.1) is 0 Å². The van der Waals surface area contributed by atoms with Gasteiger partial charge in [0.05, 0.1) is 19.1 Å². The molecule has 2 aromatic carbocycles. The van der Waals surface area contributed by atoms with Gasteiger partial charge in [-0.25, -0.2) is 0 Å². The van der Waals surface area contributed by atoms with Gasteiger partial charge >= 0.3 is 5.97 Å². The Kier molecular flexibility index (Phi) is 11.1. The third-order valence-electron chi connectivity index (χ3n) is 7.78. The van der Waals surface area contributed by atoms with E-state index in [2.05, 4.69) is 55.8 Å². The smallest absolute Gasteiger partial charge is 0.305 e. The van der Waals surface area contributed by atoms with Crippen LogP contribution in [0, 0.1) is 13.8 Å². The van der Waals surface area contributed by atoms with Crippen molar-refractivity contribution in [1.29, 1.82) is 0 Å². The summed E-state index contributed by atoms with van der Waals surface area (Å²) in [6.45, 7) is 12.5. The lowest BCUT2D eigenvalue weighted by atomic mass is 9.70. The van der Waals surface area contributed by atoms with E-state index in [1.807, 2.05) is 39.0 Å². The Balaban J connectivity index is 2.28. The number of Topliss-reactive ketones (excluding diaryl/α,β-unsaturated/α-hetero) is 1. The molecular formula is C32H44O5. The zero-order valence-electron chi connectivity index (χ0n) is 23.6. The predicted octanol–water partition coefficient (Wildman–Crippen LogP) is 6.87. The number of rotatable bonds is 14. The van der Waals surface area contributed by atoms with E-state index in [1.165, 1.54) is 23.8 Å². The molecule has 0 aliphatic heterocycles. The van der Waals surface area contributed by atoms with Crippen molar-refractivity contribution >= 4 is 17.8 Å². The van der Waals surface area contributed by atoms with Crippen LogP contribution >= 0.6 is 0 Å². The molecule has 0 fully saturated rings. The fraction of sp³-hybridized carbons (Fsp3) is 0.500. The van der Waals surface area contributed by atoms with E-state index in [-0.39, 0.29) is 30.6 Å². The average Bonchev–Trinajstić information content (AvgIpc) is 2.91. The Morgan fingerprint density at radius 3 is 1.97 bits per heavy atom. The molecule has 0 amide bonds. The molecule has 202 valence electrons. The second-order valence-corrected chi connectivity index (χ2v) is 9.89. The van der Waals surface area contributed by atoms with Crippen LogP contribution in [0.5, 0.6) is 5.75 Å². The summed E-state index contributed by atoms with van der Waals surface area (Å²) in [7, 11) is 1.31. The summed E-state index contributed by atoms with van der Waals surface area (Å²) in [4.78, 5) is 23.4. The molecule has 37 heavy (non-hydrogen) atoms. The summed E-state index contributed by atoms with van der Waals surface area (Å²) in [6.07, 6.45) is 7.39. The Morgan fingerprint density at radius 1 is 0.865 bits per heavy atom. The molecule has 5 heteroatoms. The van der Waals surface area contributed by atoms with Crippen LogP contribution in [0.4, 0.5) is 0 Å². The SMILES string of the molecule is CCC(O)(/C=C/c1ccc(C(CC)(CC)c2ccc(OCC(=O)CCC(=O)OC)c(C)c2)cc1C)CC. The fourth-order valence-corrected chi connectivity index (χ4v) is 4.81. The lowest BCUT2D eigenvalue weighted by molar-refractivity contribution is -0.142. The third kappa shape index (κ3) is 7.54. The minimum Gasteiger partial charge on any atom is -0.486 e. The number of carbonyl (C=O) groups excluding carboxylic acids is 2. The van der Waals surface area contributed by atoms with Gasteiger partial charge in [0, 0.05) is 11.8 Å². The van der Waals surface area contributed by atoms with Crippen LogP contribution in [0.15, 0.2) is 42.5 Å². The number of ether oxygens (including phenoxy) is 2. The Labute approximate surface area is 222 Å². The van der Waals surface area contributed by atoms with Gasteiger partial charge in [0.25, 0.3) is 0 Å². The highest BCUT2D eigenvalue weighted by Crippen LogP contribution is 2.41. The van der Waals surface area contributed by atoms with Gasteiger partial charge in [0.15, 0.2) is 5.78 Å². The molecule has 0 unspecified atom stereocenters. The zero-order chi connectivity index (χ0) is 27.6. The van der Waals surface area contributed by atoms with Crippen molar-refractivity contribution in [1.82, 2.24) is 0 Å². The first-order chi connectivity index (χ1) is 17.6. The van der Waals surface area contributed by atoms with Crippen LogP contribution < -0.4 is 4.74 Å². The summed E-state index contributed by atoms with van der Waals surface area (Å²) in [5.41, 5.74) is 4.82. The monoisotopic (exact) mass is 508 g/mol. The predicted molar refractivity (Wildman–Crippen MR) is 150 cm³/mol. The summed E-state index contributed by atoms with van der Waals surface area (Å²) >= 11 is 0. The normalized spacial score (nSPS) is 12.1. The maximum Gasteiger partial charge on any atom is 0.305 e. The highest BCUT2D eigenvalue weighted by Gasteiger charge is 2.31. The molecule has 0 aliphatic carbocycles. The number of carbonyl (C=O) groups is 2. The summed E-state index contributed by atoms with van der Waals surface area (Å²) in [6, 6.07) is 12.8. The second-order valence-electron chi connectivity index (χ2n) is 9.89. The first kappa shape index (κ1) is 30.3. The lowest BCUT2D eigenvalue weighted by Gasteiger charge is -2.34. The van der Waals surface area contributed by atoms with Crippen LogP contribution in [0.25, 0.3) is 6.08 Å². The Bertz CT molecular complexity index is 1090. The zero-order valence-corrected chi connectivity index (χ0v) is 23.6. The number of aliphatic hydroxyl groups is 1. The second kappa shape index (κ2) is 13.6. The number of hydrogen-bond donors (Lipinski definition) is 1. The van der Waals surface area contributed by atoms with Gasteiger partial charge < -0.3 is 14.6 Å². The Morgan fingerprint density at radius 2 is 1.46 bits per heavy atom. The first-order valence-corrected chi connectivity index (χ1v) is 13.4. The number of hydrogen-bond acceptors (Lipinski definition) is 5. The minimum absolute atomic E-state index is 0.0662. The van der Waals surface area contributed by atoms with Crippen molar-refractivity contribution in [3.05, 3.63) is 70.3 Å². The van der Waals surface area contributed by atoms with Gasteiger partial charge in [-0.2, -0.15) is 0 Å². The summed E-state index contributed by atoms with van der Waals surface area (Å²) in [5.74, 6) is 0.144. The maximum absolute atomic E-state index is 12.1. The van der Waals surface area contributed by atoms with Crippen LogP contribution in [0.3, 0.4) is 0 Å². The number of aryl methyl sites for hydroxylation is 2. The molecule has 0 spiro atoms.